The summed E-state index contributed by atoms with van der Waals surface area (Å²) in [6.45, 7) is 5.93. The number of nitrogens with zero attached hydrogens (tertiary/aromatic N) is 1. The van der Waals surface area contributed by atoms with E-state index in [2.05, 4.69) is 22.2 Å². The molecule has 1 aromatic heterocycles. The minimum atomic E-state index is -0.532. The fraction of sp³-hybridized carbons (Fsp3) is 0.381. The number of aromatic amines is 1. The van der Waals surface area contributed by atoms with E-state index in [1.165, 1.54) is 18.9 Å². The number of hydrogen-bond donors (Lipinski definition) is 2. The summed E-state index contributed by atoms with van der Waals surface area (Å²) in [5.41, 5.74) is 3.23. The molecule has 0 radical (unpaired) electrons. The molecule has 1 aliphatic heterocycles. The molecule has 1 unspecified atom stereocenters. The fourth-order valence-electron chi connectivity index (χ4n) is 3.29. The predicted molar refractivity (Wildman–Crippen MR) is 112 cm³/mol. The lowest BCUT2D eigenvalue weighted by Gasteiger charge is -2.28. The van der Waals surface area contributed by atoms with Crippen molar-refractivity contribution >= 4 is 23.5 Å². The van der Waals surface area contributed by atoms with E-state index in [0.29, 0.717) is 27.8 Å². The number of anilines is 1. The van der Waals surface area contributed by atoms with Crippen molar-refractivity contribution in [1.29, 1.82) is 0 Å². The van der Waals surface area contributed by atoms with E-state index < -0.39 is 11.9 Å². The number of aryl methyl sites for hydroxylation is 1. The third-order valence-electron chi connectivity index (χ3n) is 4.77. The zero-order valence-electron chi connectivity index (χ0n) is 16.6. The Morgan fingerprint density at radius 3 is 2.61 bits per heavy atom. The Kier molecular flexibility index (Phi) is 6.24. The van der Waals surface area contributed by atoms with Crippen LogP contribution in [0.5, 0.6) is 0 Å². The molecule has 2 heterocycles. The summed E-state index contributed by atoms with van der Waals surface area (Å²) >= 11 is 1.53. The van der Waals surface area contributed by atoms with E-state index in [1.54, 1.807) is 0 Å². The standard InChI is InChI=1S/C21H25N3O3S/c1-5-6-11-28-21-23-18-17(19(25)24-21)16(14-9-7-12(2)8-10-14)15(13(3)22-18)20(26)27-4/h7-10,16H,5-6,11H2,1-4H3,(H2,22,23,24,25). The molecule has 0 amide bonds. The third-order valence-corrected chi connectivity index (χ3v) is 5.73. The highest BCUT2D eigenvalue weighted by Gasteiger charge is 2.36. The maximum Gasteiger partial charge on any atom is 0.336 e. The van der Waals surface area contributed by atoms with Crippen LogP contribution in [-0.2, 0) is 9.53 Å². The second-order valence-electron chi connectivity index (χ2n) is 6.83. The first-order valence-corrected chi connectivity index (χ1v) is 10.3. The molecule has 0 bridgehead atoms. The molecule has 2 aromatic rings. The van der Waals surface area contributed by atoms with Gasteiger partial charge in [0, 0.05) is 11.4 Å². The SMILES string of the molecule is CCCCSc1nc2c(c(=O)[nH]1)C(c1ccc(C)cc1)C(C(=O)OC)=C(C)N2. The summed E-state index contributed by atoms with van der Waals surface area (Å²) < 4.78 is 5.01. The lowest BCUT2D eigenvalue weighted by atomic mass is 9.82. The average molecular weight is 400 g/mol. The summed E-state index contributed by atoms with van der Waals surface area (Å²) in [7, 11) is 1.35. The van der Waals surface area contributed by atoms with Crippen LogP contribution in [0.2, 0.25) is 0 Å². The number of rotatable bonds is 6. The largest absolute Gasteiger partial charge is 0.466 e. The van der Waals surface area contributed by atoms with E-state index in [-0.39, 0.29) is 5.56 Å². The zero-order valence-corrected chi connectivity index (χ0v) is 17.4. The van der Waals surface area contributed by atoms with Crippen molar-refractivity contribution in [2.75, 3.05) is 18.2 Å². The molecule has 148 valence electrons. The second-order valence-corrected chi connectivity index (χ2v) is 7.92. The van der Waals surface area contributed by atoms with Gasteiger partial charge in [-0.15, -0.1) is 0 Å². The van der Waals surface area contributed by atoms with Gasteiger partial charge in [-0.2, -0.15) is 0 Å². The number of carbonyl (C=O) groups excluding carboxylic acids is 1. The topological polar surface area (TPSA) is 84.1 Å². The van der Waals surface area contributed by atoms with Crippen molar-refractivity contribution in [2.24, 2.45) is 0 Å². The molecule has 0 fully saturated rings. The molecule has 0 saturated carbocycles. The number of methoxy groups -OCH3 is 1. The first kappa shape index (κ1) is 20.2. The van der Waals surface area contributed by atoms with E-state index >= 15 is 0 Å². The Bertz CT molecular complexity index is 964. The summed E-state index contributed by atoms with van der Waals surface area (Å²) in [6.07, 6.45) is 2.14. The molecule has 1 aliphatic rings. The van der Waals surface area contributed by atoms with Gasteiger partial charge in [0.1, 0.15) is 5.82 Å². The van der Waals surface area contributed by atoms with Crippen LogP contribution < -0.4 is 10.9 Å². The highest BCUT2D eigenvalue weighted by atomic mass is 32.2. The molecule has 0 spiro atoms. The van der Waals surface area contributed by atoms with Crippen molar-refractivity contribution in [3.8, 4) is 0 Å². The number of aromatic nitrogens is 2. The third kappa shape index (κ3) is 3.99. The van der Waals surface area contributed by atoms with Crippen molar-refractivity contribution in [3.05, 3.63) is 62.6 Å². The zero-order chi connectivity index (χ0) is 20.3. The fourth-order valence-corrected chi connectivity index (χ4v) is 4.23. The Balaban J connectivity index is 2.13. The number of hydrogen-bond acceptors (Lipinski definition) is 6. The first-order valence-electron chi connectivity index (χ1n) is 9.36. The number of thioether (sulfide) groups is 1. The molecule has 0 saturated heterocycles. The van der Waals surface area contributed by atoms with Crippen molar-refractivity contribution in [3.63, 3.8) is 0 Å². The lowest BCUT2D eigenvalue weighted by Crippen LogP contribution is -2.31. The van der Waals surface area contributed by atoms with E-state index in [1.807, 2.05) is 38.1 Å². The number of unbranched alkanes of at least 4 members (excludes halogenated alkanes) is 1. The van der Waals surface area contributed by atoms with Crippen LogP contribution >= 0.6 is 11.8 Å². The Morgan fingerprint density at radius 1 is 1.25 bits per heavy atom. The van der Waals surface area contributed by atoms with Crippen molar-refractivity contribution in [2.45, 2.75) is 44.7 Å². The molecule has 28 heavy (non-hydrogen) atoms. The van der Waals surface area contributed by atoms with Crippen LogP contribution in [0.15, 0.2) is 45.5 Å². The first-order chi connectivity index (χ1) is 13.5. The van der Waals surface area contributed by atoms with E-state index in [9.17, 15) is 9.59 Å². The maximum atomic E-state index is 13.0. The van der Waals surface area contributed by atoms with Gasteiger partial charge in [-0.05, 0) is 25.8 Å². The van der Waals surface area contributed by atoms with Gasteiger partial charge in [-0.1, -0.05) is 54.9 Å². The summed E-state index contributed by atoms with van der Waals surface area (Å²) in [6, 6.07) is 7.82. The van der Waals surface area contributed by atoms with Crippen LogP contribution in [0.4, 0.5) is 5.82 Å². The minimum absolute atomic E-state index is 0.240. The van der Waals surface area contributed by atoms with Crippen molar-refractivity contribution < 1.29 is 9.53 Å². The Labute approximate surface area is 168 Å². The van der Waals surface area contributed by atoms with Gasteiger partial charge in [0.25, 0.3) is 5.56 Å². The lowest BCUT2D eigenvalue weighted by molar-refractivity contribution is -0.136. The van der Waals surface area contributed by atoms with Gasteiger partial charge in [0.15, 0.2) is 5.16 Å². The number of allylic oxidation sites excluding steroid dienone is 1. The van der Waals surface area contributed by atoms with Crippen LogP contribution in [0.3, 0.4) is 0 Å². The Hall–Kier alpha value is -2.54. The molecular formula is C21H25N3O3S. The quantitative estimate of drug-likeness (QED) is 0.331. The highest BCUT2D eigenvalue weighted by molar-refractivity contribution is 7.99. The molecule has 7 heteroatoms. The molecule has 1 atom stereocenters. The molecular weight excluding hydrogens is 374 g/mol. The Morgan fingerprint density at radius 2 is 1.96 bits per heavy atom. The molecule has 6 nitrogen and oxygen atoms in total. The number of esters is 1. The van der Waals surface area contributed by atoms with Gasteiger partial charge in [-0.25, -0.2) is 9.78 Å². The number of carbonyl (C=O) groups is 1. The normalized spacial score (nSPS) is 15.8. The number of nitrogens with one attached hydrogen (secondary N) is 2. The second kappa shape index (κ2) is 8.65. The smallest absolute Gasteiger partial charge is 0.336 e. The maximum absolute atomic E-state index is 13.0. The van der Waals surface area contributed by atoms with Gasteiger partial charge in [0.2, 0.25) is 0 Å². The predicted octanol–water partition coefficient (Wildman–Crippen LogP) is 3.97. The van der Waals surface area contributed by atoms with Gasteiger partial charge in [-0.3, -0.25) is 4.79 Å². The van der Waals surface area contributed by atoms with Crippen LogP contribution in [0.25, 0.3) is 0 Å². The van der Waals surface area contributed by atoms with E-state index in [0.717, 1.165) is 29.7 Å². The van der Waals surface area contributed by atoms with E-state index in [4.69, 9.17) is 4.74 Å². The monoisotopic (exact) mass is 399 g/mol. The minimum Gasteiger partial charge on any atom is -0.466 e. The van der Waals surface area contributed by atoms with Gasteiger partial charge < -0.3 is 15.0 Å². The summed E-state index contributed by atoms with van der Waals surface area (Å²) in [4.78, 5) is 33.0. The van der Waals surface area contributed by atoms with Crippen molar-refractivity contribution in [1.82, 2.24) is 9.97 Å². The van der Waals surface area contributed by atoms with Crippen LogP contribution in [0, 0.1) is 6.92 Å². The number of H-pyrrole nitrogens is 1. The number of ether oxygens (including phenoxy) is 1. The van der Waals surface area contributed by atoms with Gasteiger partial charge >= 0.3 is 5.97 Å². The summed E-state index contributed by atoms with van der Waals surface area (Å²) in [5.74, 6) is 0.401. The van der Waals surface area contributed by atoms with Gasteiger partial charge in [0.05, 0.1) is 24.2 Å². The number of fused-ring (bicyclic) bond motifs is 1. The van der Waals surface area contributed by atoms with Crippen LogP contribution in [-0.4, -0.2) is 28.8 Å². The average Bonchev–Trinajstić information content (AvgIpc) is 2.67. The highest BCUT2D eigenvalue weighted by Crippen LogP contribution is 2.40. The molecule has 3 rings (SSSR count). The molecule has 1 aromatic carbocycles. The molecule has 2 N–H and O–H groups in total. The van der Waals surface area contributed by atoms with Crippen LogP contribution in [0.1, 0.15) is 49.3 Å². The molecule has 0 aliphatic carbocycles. The summed E-state index contributed by atoms with van der Waals surface area (Å²) in [5, 5.41) is 3.73. The number of benzene rings is 1.